The molecule has 6 heteroatoms. The minimum Gasteiger partial charge on any atom is -0.338 e. The summed E-state index contributed by atoms with van der Waals surface area (Å²) in [4.78, 5) is 24.1. The van der Waals surface area contributed by atoms with Crippen LogP contribution in [0.3, 0.4) is 0 Å². The molecular weight excluding hydrogens is 380 g/mol. The van der Waals surface area contributed by atoms with E-state index in [0.717, 1.165) is 9.99 Å². The first-order valence-corrected chi connectivity index (χ1v) is 8.05. The largest absolute Gasteiger partial charge is 0.338 e. The number of hydrogen-bond donors (Lipinski definition) is 1. The van der Waals surface area contributed by atoms with Crippen molar-refractivity contribution in [3.63, 3.8) is 0 Å². The summed E-state index contributed by atoms with van der Waals surface area (Å²) in [5.41, 5.74) is 1.20. The minimum atomic E-state index is -0.219. The highest BCUT2D eigenvalue weighted by atomic mass is 79.9. The summed E-state index contributed by atoms with van der Waals surface area (Å²) < 4.78 is 2.57. The van der Waals surface area contributed by atoms with Crippen molar-refractivity contribution in [2.24, 2.45) is 0 Å². The van der Waals surface area contributed by atoms with E-state index in [9.17, 15) is 9.59 Å². The van der Waals surface area contributed by atoms with Crippen molar-refractivity contribution in [1.29, 1.82) is 0 Å². The average molecular weight is 392 g/mol. The van der Waals surface area contributed by atoms with E-state index in [1.807, 2.05) is 12.1 Å². The number of nitrogens with one attached hydrogen (secondary N) is 1. The summed E-state index contributed by atoms with van der Waals surface area (Å²) in [5.74, 6) is -0.219. The zero-order valence-corrected chi connectivity index (χ0v) is 14.3. The first kappa shape index (κ1) is 15.8. The van der Waals surface area contributed by atoms with Crippen LogP contribution >= 0.6 is 27.5 Å². The summed E-state index contributed by atoms with van der Waals surface area (Å²) in [6.07, 6.45) is 1.62. The zero-order valence-electron chi connectivity index (χ0n) is 11.9. The van der Waals surface area contributed by atoms with Crippen LogP contribution in [0.1, 0.15) is 0 Å². The Labute approximate surface area is 145 Å². The van der Waals surface area contributed by atoms with E-state index in [-0.39, 0.29) is 17.9 Å². The van der Waals surface area contributed by atoms with Crippen LogP contribution in [0.4, 0.5) is 5.69 Å². The van der Waals surface area contributed by atoms with Crippen LogP contribution in [0, 0.1) is 0 Å². The summed E-state index contributed by atoms with van der Waals surface area (Å²) in [6.45, 7) is 0.0905. The number of amides is 1. The molecule has 23 heavy (non-hydrogen) atoms. The number of fused-ring (bicyclic) bond motifs is 1. The lowest BCUT2D eigenvalue weighted by Gasteiger charge is -2.12. The molecule has 0 aliphatic carbocycles. The number of aromatic nitrogens is 1. The van der Waals surface area contributed by atoms with Crippen molar-refractivity contribution in [3.05, 3.63) is 74.4 Å². The van der Waals surface area contributed by atoms with E-state index < -0.39 is 0 Å². The number of anilines is 1. The van der Waals surface area contributed by atoms with Gasteiger partial charge in [-0.1, -0.05) is 39.7 Å². The van der Waals surface area contributed by atoms with Crippen LogP contribution in [0.5, 0.6) is 0 Å². The Morgan fingerprint density at radius 1 is 1.17 bits per heavy atom. The van der Waals surface area contributed by atoms with E-state index in [1.54, 1.807) is 41.1 Å². The van der Waals surface area contributed by atoms with Gasteiger partial charge in [0.1, 0.15) is 6.54 Å². The second-order valence-electron chi connectivity index (χ2n) is 5.00. The molecule has 2 aromatic carbocycles. The third-order valence-corrected chi connectivity index (χ3v) is 4.21. The normalized spacial score (nSPS) is 10.7. The van der Waals surface area contributed by atoms with E-state index in [0.29, 0.717) is 16.1 Å². The van der Waals surface area contributed by atoms with Crippen LogP contribution in [0.25, 0.3) is 10.9 Å². The van der Waals surface area contributed by atoms with Gasteiger partial charge in [-0.25, -0.2) is 0 Å². The molecule has 0 bridgehead atoms. The van der Waals surface area contributed by atoms with Gasteiger partial charge < -0.3 is 9.88 Å². The molecule has 0 fully saturated rings. The van der Waals surface area contributed by atoms with Crippen LogP contribution in [-0.4, -0.2) is 10.5 Å². The molecule has 0 saturated heterocycles. The van der Waals surface area contributed by atoms with Crippen molar-refractivity contribution < 1.29 is 4.79 Å². The van der Waals surface area contributed by atoms with Gasteiger partial charge in [-0.2, -0.15) is 0 Å². The zero-order chi connectivity index (χ0) is 16.4. The van der Waals surface area contributed by atoms with Gasteiger partial charge in [0.25, 0.3) is 0 Å². The topological polar surface area (TPSA) is 51.1 Å². The summed E-state index contributed by atoms with van der Waals surface area (Å²) >= 11 is 9.42. The lowest BCUT2D eigenvalue weighted by Crippen LogP contribution is -2.20. The number of pyridine rings is 1. The van der Waals surface area contributed by atoms with Gasteiger partial charge in [0.05, 0.1) is 16.2 Å². The molecule has 1 amide bonds. The molecule has 0 saturated carbocycles. The van der Waals surface area contributed by atoms with E-state index in [2.05, 4.69) is 21.2 Å². The fourth-order valence-corrected chi connectivity index (χ4v) is 3.05. The SMILES string of the molecule is O=C(Cn1ccc(=O)c2ccccc21)Nc1ccc(Br)cc1Cl. The number of para-hydroxylation sites is 1. The molecule has 3 aromatic rings. The predicted molar refractivity (Wildman–Crippen MR) is 96.0 cm³/mol. The summed E-state index contributed by atoms with van der Waals surface area (Å²) in [5, 5.41) is 3.82. The Balaban J connectivity index is 1.86. The molecule has 1 heterocycles. The molecule has 0 radical (unpaired) electrons. The Morgan fingerprint density at radius 2 is 1.96 bits per heavy atom. The van der Waals surface area contributed by atoms with Crippen molar-refractivity contribution in [2.45, 2.75) is 6.54 Å². The smallest absolute Gasteiger partial charge is 0.244 e. The molecule has 0 aliphatic heterocycles. The van der Waals surface area contributed by atoms with Gasteiger partial charge in [0.2, 0.25) is 5.91 Å². The Hall–Kier alpha value is -2.11. The van der Waals surface area contributed by atoms with Crippen LogP contribution in [-0.2, 0) is 11.3 Å². The second-order valence-corrected chi connectivity index (χ2v) is 6.32. The van der Waals surface area contributed by atoms with Crippen LogP contribution in [0.2, 0.25) is 5.02 Å². The lowest BCUT2D eigenvalue weighted by atomic mass is 10.2. The lowest BCUT2D eigenvalue weighted by molar-refractivity contribution is -0.116. The maximum absolute atomic E-state index is 12.3. The average Bonchev–Trinajstić information content (AvgIpc) is 2.53. The van der Waals surface area contributed by atoms with Gasteiger partial charge in [0, 0.05) is 22.1 Å². The molecule has 0 unspecified atom stereocenters. The van der Waals surface area contributed by atoms with Gasteiger partial charge in [-0.3, -0.25) is 9.59 Å². The Morgan fingerprint density at radius 3 is 2.74 bits per heavy atom. The number of nitrogens with zero attached hydrogens (tertiary/aromatic N) is 1. The molecular formula is C17H12BrClN2O2. The van der Waals surface area contributed by atoms with Crippen LogP contribution < -0.4 is 10.7 Å². The van der Waals surface area contributed by atoms with E-state index in [4.69, 9.17) is 11.6 Å². The summed E-state index contributed by atoms with van der Waals surface area (Å²) in [6, 6.07) is 13.9. The third-order valence-electron chi connectivity index (χ3n) is 3.40. The van der Waals surface area contributed by atoms with Crippen molar-refractivity contribution in [3.8, 4) is 0 Å². The fourth-order valence-electron chi connectivity index (χ4n) is 2.33. The predicted octanol–water partition coefficient (Wildman–Crippen LogP) is 4.06. The Kier molecular flexibility index (Phi) is 4.50. The second kappa shape index (κ2) is 6.56. The molecule has 0 spiro atoms. The first-order chi connectivity index (χ1) is 11.0. The molecule has 0 atom stereocenters. The molecule has 3 rings (SSSR count). The monoisotopic (exact) mass is 390 g/mol. The highest BCUT2D eigenvalue weighted by Gasteiger charge is 2.09. The highest BCUT2D eigenvalue weighted by molar-refractivity contribution is 9.10. The quantitative estimate of drug-likeness (QED) is 0.732. The number of halogens is 2. The molecule has 4 nitrogen and oxygen atoms in total. The van der Waals surface area contributed by atoms with E-state index >= 15 is 0 Å². The van der Waals surface area contributed by atoms with Gasteiger partial charge in [0.15, 0.2) is 5.43 Å². The molecule has 1 N–H and O–H groups in total. The van der Waals surface area contributed by atoms with Crippen molar-refractivity contribution in [2.75, 3.05) is 5.32 Å². The standard InChI is InChI=1S/C17H12BrClN2O2/c18-11-5-6-14(13(19)9-11)20-17(23)10-21-8-7-16(22)12-3-1-2-4-15(12)21/h1-9H,10H2,(H,20,23). The maximum Gasteiger partial charge on any atom is 0.244 e. The first-order valence-electron chi connectivity index (χ1n) is 6.88. The number of carbonyl (C=O) groups is 1. The van der Waals surface area contributed by atoms with Crippen molar-refractivity contribution in [1.82, 2.24) is 4.57 Å². The van der Waals surface area contributed by atoms with Gasteiger partial charge >= 0.3 is 0 Å². The maximum atomic E-state index is 12.3. The number of rotatable bonds is 3. The molecule has 1 aromatic heterocycles. The van der Waals surface area contributed by atoms with Gasteiger partial charge in [-0.15, -0.1) is 0 Å². The fraction of sp³-hybridized carbons (Fsp3) is 0.0588. The number of hydrogen-bond acceptors (Lipinski definition) is 2. The summed E-state index contributed by atoms with van der Waals surface area (Å²) in [7, 11) is 0. The highest BCUT2D eigenvalue weighted by Crippen LogP contribution is 2.25. The van der Waals surface area contributed by atoms with E-state index in [1.165, 1.54) is 6.07 Å². The van der Waals surface area contributed by atoms with Crippen molar-refractivity contribution >= 4 is 50.0 Å². The van der Waals surface area contributed by atoms with Gasteiger partial charge in [-0.05, 0) is 30.3 Å². The number of carbonyl (C=O) groups excluding carboxylic acids is 1. The minimum absolute atomic E-state index is 0.0618. The Bertz CT molecular complexity index is 953. The number of benzene rings is 2. The molecule has 116 valence electrons. The third kappa shape index (κ3) is 3.46. The van der Waals surface area contributed by atoms with Crippen LogP contribution in [0.15, 0.2) is 64.0 Å². The molecule has 0 aliphatic rings.